The molecule has 0 amide bonds. The zero-order valence-corrected chi connectivity index (χ0v) is 44.7. The lowest BCUT2D eigenvalue weighted by molar-refractivity contribution is -0.167. The fourth-order valence-electron chi connectivity index (χ4n) is 8.39. The van der Waals surface area contributed by atoms with Crippen LogP contribution in [0.25, 0.3) is 0 Å². The summed E-state index contributed by atoms with van der Waals surface area (Å²) < 4.78 is 16.9. The Hall–Kier alpha value is -2.63. The number of esters is 3. The van der Waals surface area contributed by atoms with E-state index in [2.05, 4.69) is 69.4 Å². The van der Waals surface area contributed by atoms with E-state index in [0.29, 0.717) is 19.3 Å². The minimum absolute atomic E-state index is 0.0798. The molecule has 0 aliphatic carbocycles. The number of ether oxygens (including phenoxy) is 3. The maximum Gasteiger partial charge on any atom is 0.306 e. The molecule has 0 fully saturated rings. The van der Waals surface area contributed by atoms with Gasteiger partial charge >= 0.3 is 17.9 Å². The first-order chi connectivity index (χ1) is 33.0. The van der Waals surface area contributed by atoms with E-state index in [-0.39, 0.29) is 31.1 Å². The number of unbranched alkanes of at least 4 members (excludes halogenated alkanes) is 34. The minimum Gasteiger partial charge on any atom is -0.462 e. The van der Waals surface area contributed by atoms with Crippen molar-refractivity contribution in [2.45, 2.75) is 309 Å². The van der Waals surface area contributed by atoms with Crippen LogP contribution < -0.4 is 0 Å². The molecule has 0 rings (SSSR count). The predicted molar refractivity (Wildman–Crippen MR) is 289 cm³/mol. The van der Waals surface area contributed by atoms with E-state index < -0.39 is 6.10 Å². The number of carbonyl (C=O) groups is 3. The van der Waals surface area contributed by atoms with Crippen LogP contribution in [0.2, 0.25) is 0 Å². The molecule has 0 aromatic heterocycles. The van der Waals surface area contributed by atoms with Crippen LogP contribution in [0.15, 0.2) is 48.6 Å². The van der Waals surface area contributed by atoms with Crippen LogP contribution in [0.3, 0.4) is 0 Å². The van der Waals surface area contributed by atoms with Crippen molar-refractivity contribution in [2.24, 2.45) is 0 Å². The van der Waals surface area contributed by atoms with E-state index in [1.165, 1.54) is 180 Å². The third-order valence-electron chi connectivity index (χ3n) is 12.8. The third kappa shape index (κ3) is 54.2. The van der Waals surface area contributed by atoms with Crippen LogP contribution in [0, 0.1) is 0 Å². The largest absolute Gasteiger partial charge is 0.462 e. The Morgan fingerprint density at radius 1 is 0.299 bits per heavy atom. The first-order valence-corrected chi connectivity index (χ1v) is 29.1. The van der Waals surface area contributed by atoms with Crippen molar-refractivity contribution in [2.75, 3.05) is 13.2 Å². The molecule has 0 bridgehead atoms. The van der Waals surface area contributed by atoms with Crippen LogP contribution in [-0.4, -0.2) is 37.2 Å². The van der Waals surface area contributed by atoms with Gasteiger partial charge in [0.2, 0.25) is 0 Å². The van der Waals surface area contributed by atoms with E-state index in [1.807, 2.05) is 0 Å². The van der Waals surface area contributed by atoms with Gasteiger partial charge in [0.25, 0.3) is 0 Å². The normalized spacial score (nSPS) is 12.3. The predicted octanol–water partition coefficient (Wildman–Crippen LogP) is 19.4. The van der Waals surface area contributed by atoms with E-state index in [0.717, 1.165) is 83.5 Å². The Morgan fingerprint density at radius 2 is 0.537 bits per heavy atom. The Bertz CT molecular complexity index is 1170. The van der Waals surface area contributed by atoms with Gasteiger partial charge in [0.1, 0.15) is 13.2 Å². The summed E-state index contributed by atoms with van der Waals surface area (Å²) in [6, 6.07) is 0. The summed E-state index contributed by atoms with van der Waals surface area (Å²) in [6.07, 6.45) is 68.1. The molecule has 0 heterocycles. The second-order valence-electron chi connectivity index (χ2n) is 19.6. The van der Waals surface area contributed by atoms with Crippen LogP contribution in [0.5, 0.6) is 0 Å². The fourth-order valence-corrected chi connectivity index (χ4v) is 8.39. The van der Waals surface area contributed by atoms with E-state index in [4.69, 9.17) is 14.2 Å². The number of hydrogen-bond acceptors (Lipinski definition) is 6. The molecule has 0 aromatic carbocycles. The zero-order valence-electron chi connectivity index (χ0n) is 44.7. The lowest BCUT2D eigenvalue weighted by Gasteiger charge is -2.18. The maximum absolute atomic E-state index is 12.8. The Kier molecular flexibility index (Phi) is 53.8. The van der Waals surface area contributed by atoms with Crippen molar-refractivity contribution in [3.63, 3.8) is 0 Å². The highest BCUT2D eigenvalue weighted by Crippen LogP contribution is 2.16. The van der Waals surface area contributed by atoms with Gasteiger partial charge in [-0.1, -0.05) is 249 Å². The Labute approximate surface area is 416 Å². The average Bonchev–Trinajstić information content (AvgIpc) is 3.33. The molecule has 0 N–H and O–H groups in total. The summed E-state index contributed by atoms with van der Waals surface area (Å²) in [5, 5.41) is 0. The van der Waals surface area contributed by atoms with Gasteiger partial charge in [-0.2, -0.15) is 0 Å². The van der Waals surface area contributed by atoms with Crippen LogP contribution >= 0.6 is 0 Å². The first-order valence-electron chi connectivity index (χ1n) is 29.1. The van der Waals surface area contributed by atoms with Gasteiger partial charge in [0, 0.05) is 19.3 Å². The van der Waals surface area contributed by atoms with E-state index in [1.54, 1.807) is 0 Å². The lowest BCUT2D eigenvalue weighted by Crippen LogP contribution is -2.30. The van der Waals surface area contributed by atoms with Crippen molar-refractivity contribution in [1.82, 2.24) is 0 Å². The molecule has 6 nitrogen and oxygen atoms in total. The maximum atomic E-state index is 12.8. The molecule has 0 spiro atoms. The molecule has 1 atom stereocenters. The first kappa shape index (κ1) is 64.4. The van der Waals surface area contributed by atoms with Crippen molar-refractivity contribution in [3.8, 4) is 0 Å². The summed E-state index contributed by atoms with van der Waals surface area (Å²) in [4.78, 5) is 38.1. The van der Waals surface area contributed by atoms with Crippen molar-refractivity contribution in [1.29, 1.82) is 0 Å². The van der Waals surface area contributed by atoms with E-state index >= 15 is 0 Å². The zero-order chi connectivity index (χ0) is 48.6. The summed E-state index contributed by atoms with van der Waals surface area (Å²) in [5.41, 5.74) is 0. The molecule has 6 heteroatoms. The Balaban J connectivity index is 4.37. The van der Waals surface area contributed by atoms with Crippen molar-refractivity contribution < 1.29 is 28.6 Å². The topological polar surface area (TPSA) is 78.9 Å². The highest BCUT2D eigenvalue weighted by Gasteiger charge is 2.19. The summed E-state index contributed by atoms with van der Waals surface area (Å²) in [7, 11) is 0. The van der Waals surface area contributed by atoms with Gasteiger partial charge in [-0.3, -0.25) is 14.4 Å². The quantitative estimate of drug-likeness (QED) is 0.0262. The highest BCUT2D eigenvalue weighted by atomic mass is 16.6. The van der Waals surface area contributed by atoms with Gasteiger partial charge in [-0.05, 0) is 83.5 Å². The molecule has 0 aromatic rings. The molecule has 0 radical (unpaired) electrons. The van der Waals surface area contributed by atoms with Crippen molar-refractivity contribution >= 4 is 17.9 Å². The van der Waals surface area contributed by atoms with Crippen LogP contribution in [0.1, 0.15) is 303 Å². The van der Waals surface area contributed by atoms with Crippen LogP contribution in [0.4, 0.5) is 0 Å². The minimum atomic E-state index is -0.783. The standard InChI is InChI=1S/C61H110O6/c1-4-7-10-13-16-19-22-25-27-29-30-32-33-36-39-42-45-48-51-54-60(63)66-57-58(56-65-59(62)53-50-47-44-41-38-35-24-21-18-15-12-9-6-3)67-61(64)55-52-49-46-43-40-37-34-31-28-26-23-20-17-14-11-8-5-2/h17,20,25-28,34,37,58H,4-16,18-19,21-24,29-33,35-36,38-57H2,1-3H3/b20-17-,27-25-,28-26-,37-34-/t58-/m1/s1. The van der Waals surface area contributed by atoms with Gasteiger partial charge in [-0.25, -0.2) is 0 Å². The molecule has 0 saturated carbocycles. The summed E-state index contributed by atoms with van der Waals surface area (Å²) in [6.45, 7) is 6.62. The Morgan fingerprint density at radius 3 is 0.881 bits per heavy atom. The van der Waals surface area contributed by atoms with Gasteiger partial charge in [0.05, 0.1) is 0 Å². The molecule has 0 unspecified atom stereocenters. The van der Waals surface area contributed by atoms with Crippen molar-refractivity contribution in [3.05, 3.63) is 48.6 Å². The molecular weight excluding hydrogens is 829 g/mol. The van der Waals surface area contributed by atoms with Gasteiger partial charge in [0.15, 0.2) is 6.10 Å². The second-order valence-corrected chi connectivity index (χ2v) is 19.6. The number of hydrogen-bond donors (Lipinski definition) is 0. The molecule has 390 valence electrons. The molecule has 0 aliphatic rings. The molecule has 67 heavy (non-hydrogen) atoms. The average molecular weight is 940 g/mol. The third-order valence-corrected chi connectivity index (χ3v) is 12.8. The monoisotopic (exact) mass is 939 g/mol. The fraction of sp³-hybridized carbons (Fsp3) is 0.820. The SMILES string of the molecule is CCCCC/C=C\C/C=C\C/C=C\CCCCCCC(=O)O[C@@H](COC(=O)CCCCCCCCCCC/C=C\CCCCCCCC)COC(=O)CCCCCCCCCCCCCCC. The van der Waals surface area contributed by atoms with Gasteiger partial charge in [-0.15, -0.1) is 0 Å². The molecule has 0 saturated heterocycles. The van der Waals surface area contributed by atoms with Crippen LogP contribution in [-0.2, 0) is 28.6 Å². The molecular formula is C61H110O6. The number of carbonyl (C=O) groups excluding carboxylic acids is 3. The van der Waals surface area contributed by atoms with E-state index in [9.17, 15) is 14.4 Å². The lowest BCUT2D eigenvalue weighted by atomic mass is 10.0. The molecule has 0 aliphatic heterocycles. The smallest absolute Gasteiger partial charge is 0.306 e. The summed E-state index contributed by atoms with van der Waals surface area (Å²) >= 11 is 0. The second kappa shape index (κ2) is 56.0. The van der Waals surface area contributed by atoms with Gasteiger partial charge < -0.3 is 14.2 Å². The highest BCUT2D eigenvalue weighted by molar-refractivity contribution is 5.71. The number of allylic oxidation sites excluding steroid dienone is 8. The number of rotatable bonds is 53. The summed E-state index contributed by atoms with van der Waals surface area (Å²) in [5.74, 6) is -0.889.